The predicted molar refractivity (Wildman–Crippen MR) is 69.8 cm³/mol. The number of nitrogens with one attached hydrogen (secondary N) is 1. The van der Waals surface area contributed by atoms with E-state index in [2.05, 4.69) is 40.3 Å². The summed E-state index contributed by atoms with van der Waals surface area (Å²) in [5, 5.41) is 3.56. The summed E-state index contributed by atoms with van der Waals surface area (Å²) in [6.45, 7) is 3.18. The number of hydrogen-bond donors (Lipinski definition) is 1. The van der Waals surface area contributed by atoms with Gasteiger partial charge in [0, 0.05) is 6.04 Å². The third kappa shape index (κ3) is 2.58. The molecular weight excluding hydrogens is 266 g/mol. The lowest BCUT2D eigenvalue weighted by atomic mass is 10.0. The molecule has 0 spiro atoms. The quantitative estimate of drug-likeness (QED) is 0.893. The Morgan fingerprint density at radius 3 is 2.75 bits per heavy atom. The first-order chi connectivity index (χ1) is 7.76. The summed E-state index contributed by atoms with van der Waals surface area (Å²) in [4.78, 5) is 0. The van der Waals surface area contributed by atoms with Gasteiger partial charge in [-0.1, -0.05) is 13.0 Å². The Hall–Kier alpha value is -0.540. The van der Waals surface area contributed by atoms with Crippen LogP contribution in [0.1, 0.15) is 31.4 Å². The van der Waals surface area contributed by atoms with Crippen molar-refractivity contribution < 1.29 is 4.74 Å². The van der Waals surface area contributed by atoms with Crippen LogP contribution in [0.25, 0.3) is 0 Å². The number of methoxy groups -OCH3 is 1. The molecule has 2 nitrogen and oxygen atoms in total. The van der Waals surface area contributed by atoms with Crippen LogP contribution in [-0.4, -0.2) is 13.7 Å². The Kier molecular flexibility index (Phi) is 3.87. The molecule has 1 atom stereocenters. The minimum atomic E-state index is 0.507. The Labute approximate surface area is 106 Å². The van der Waals surface area contributed by atoms with E-state index in [9.17, 15) is 0 Å². The molecule has 0 bridgehead atoms. The van der Waals surface area contributed by atoms with Gasteiger partial charge in [-0.05, 0) is 58.9 Å². The number of ether oxygens (including phenoxy) is 1. The molecule has 0 saturated heterocycles. The monoisotopic (exact) mass is 283 g/mol. The van der Waals surface area contributed by atoms with E-state index in [1.807, 2.05) is 6.07 Å². The second-order valence-electron chi connectivity index (χ2n) is 4.27. The normalized spacial score (nSPS) is 17.2. The van der Waals surface area contributed by atoms with E-state index in [1.165, 1.54) is 18.4 Å². The fourth-order valence-electron chi connectivity index (χ4n) is 2.08. The molecule has 0 amide bonds. The molecule has 1 aromatic rings. The highest BCUT2D eigenvalue weighted by molar-refractivity contribution is 9.10. The lowest BCUT2D eigenvalue weighted by Crippen LogP contribution is -2.22. The summed E-state index contributed by atoms with van der Waals surface area (Å²) in [5.41, 5.74) is 1.36. The fraction of sp³-hybridized carbons (Fsp3) is 0.538. The Morgan fingerprint density at radius 2 is 2.25 bits per heavy atom. The van der Waals surface area contributed by atoms with Crippen molar-refractivity contribution in [3.8, 4) is 5.75 Å². The van der Waals surface area contributed by atoms with Crippen molar-refractivity contribution in [1.29, 1.82) is 0 Å². The van der Waals surface area contributed by atoms with Gasteiger partial charge in [0.25, 0.3) is 0 Å². The molecule has 3 heteroatoms. The molecule has 1 aliphatic rings. The fourth-order valence-corrected chi connectivity index (χ4v) is 2.64. The van der Waals surface area contributed by atoms with E-state index in [0.717, 1.165) is 22.7 Å². The van der Waals surface area contributed by atoms with Gasteiger partial charge in [-0.25, -0.2) is 0 Å². The summed E-state index contributed by atoms with van der Waals surface area (Å²) >= 11 is 3.54. The molecule has 0 heterocycles. The molecule has 1 fully saturated rings. The lowest BCUT2D eigenvalue weighted by molar-refractivity contribution is 0.411. The third-order valence-electron chi connectivity index (χ3n) is 3.05. The van der Waals surface area contributed by atoms with Crippen molar-refractivity contribution in [2.75, 3.05) is 13.7 Å². The molecular formula is C13H18BrNO. The van der Waals surface area contributed by atoms with Crippen LogP contribution in [0.15, 0.2) is 22.7 Å². The minimum Gasteiger partial charge on any atom is -0.496 e. The molecule has 1 unspecified atom stereocenters. The van der Waals surface area contributed by atoms with Crippen molar-refractivity contribution >= 4 is 15.9 Å². The summed E-state index contributed by atoms with van der Waals surface area (Å²) in [7, 11) is 1.70. The molecule has 1 aliphatic carbocycles. The van der Waals surface area contributed by atoms with Crippen LogP contribution in [0, 0.1) is 5.92 Å². The Morgan fingerprint density at radius 1 is 1.50 bits per heavy atom. The van der Waals surface area contributed by atoms with E-state index in [-0.39, 0.29) is 0 Å². The van der Waals surface area contributed by atoms with Crippen LogP contribution in [-0.2, 0) is 0 Å². The van der Waals surface area contributed by atoms with E-state index < -0.39 is 0 Å². The van der Waals surface area contributed by atoms with Gasteiger partial charge >= 0.3 is 0 Å². The largest absolute Gasteiger partial charge is 0.496 e. The van der Waals surface area contributed by atoms with Gasteiger partial charge in [-0.3, -0.25) is 0 Å². The number of hydrogen-bond acceptors (Lipinski definition) is 2. The number of benzene rings is 1. The highest BCUT2D eigenvalue weighted by Gasteiger charge is 2.31. The van der Waals surface area contributed by atoms with Gasteiger partial charge in [0.15, 0.2) is 0 Å². The van der Waals surface area contributed by atoms with E-state index in [1.54, 1.807) is 7.11 Å². The number of rotatable bonds is 5. The first-order valence-electron chi connectivity index (χ1n) is 5.83. The van der Waals surface area contributed by atoms with Crippen molar-refractivity contribution in [3.05, 3.63) is 28.2 Å². The van der Waals surface area contributed by atoms with Crippen molar-refractivity contribution in [3.63, 3.8) is 0 Å². The van der Waals surface area contributed by atoms with Crippen molar-refractivity contribution in [2.24, 2.45) is 5.92 Å². The molecule has 1 N–H and O–H groups in total. The van der Waals surface area contributed by atoms with Crippen LogP contribution < -0.4 is 10.1 Å². The zero-order chi connectivity index (χ0) is 11.5. The van der Waals surface area contributed by atoms with Gasteiger partial charge in [0.1, 0.15) is 5.75 Å². The smallest absolute Gasteiger partial charge is 0.133 e. The summed E-state index contributed by atoms with van der Waals surface area (Å²) in [6.07, 6.45) is 2.70. The van der Waals surface area contributed by atoms with Crippen molar-refractivity contribution in [1.82, 2.24) is 5.32 Å². The standard InChI is InChI=1S/C13H18BrNO/c1-3-15-13(9-4-5-9)10-6-7-12(16-2)11(14)8-10/h6-9,13,15H,3-5H2,1-2H3. The first kappa shape index (κ1) is 11.9. The molecule has 0 radical (unpaired) electrons. The molecule has 1 aromatic carbocycles. The van der Waals surface area contributed by atoms with Gasteiger partial charge in [0.2, 0.25) is 0 Å². The maximum Gasteiger partial charge on any atom is 0.133 e. The predicted octanol–water partition coefficient (Wildman–Crippen LogP) is 3.52. The summed E-state index contributed by atoms with van der Waals surface area (Å²) < 4.78 is 6.29. The van der Waals surface area contributed by atoms with Crippen LogP contribution in [0.5, 0.6) is 5.75 Å². The third-order valence-corrected chi connectivity index (χ3v) is 3.67. The van der Waals surface area contributed by atoms with Gasteiger partial charge in [-0.2, -0.15) is 0 Å². The lowest BCUT2D eigenvalue weighted by Gasteiger charge is -2.18. The minimum absolute atomic E-state index is 0.507. The molecule has 0 aromatic heterocycles. The second kappa shape index (κ2) is 5.19. The van der Waals surface area contributed by atoms with Crippen LogP contribution >= 0.6 is 15.9 Å². The maximum atomic E-state index is 5.25. The second-order valence-corrected chi connectivity index (χ2v) is 5.12. The first-order valence-corrected chi connectivity index (χ1v) is 6.62. The summed E-state index contributed by atoms with van der Waals surface area (Å²) in [6, 6.07) is 6.87. The average molecular weight is 284 g/mol. The Balaban J connectivity index is 2.20. The zero-order valence-corrected chi connectivity index (χ0v) is 11.4. The van der Waals surface area contributed by atoms with Crippen LogP contribution in [0.3, 0.4) is 0 Å². The molecule has 16 heavy (non-hydrogen) atoms. The zero-order valence-electron chi connectivity index (χ0n) is 9.79. The highest BCUT2D eigenvalue weighted by atomic mass is 79.9. The SMILES string of the molecule is CCNC(c1ccc(OC)c(Br)c1)C1CC1. The maximum absolute atomic E-state index is 5.25. The van der Waals surface area contributed by atoms with Crippen molar-refractivity contribution in [2.45, 2.75) is 25.8 Å². The van der Waals surface area contributed by atoms with Crippen LogP contribution in [0.4, 0.5) is 0 Å². The Bertz CT molecular complexity index is 363. The van der Waals surface area contributed by atoms with E-state index in [0.29, 0.717) is 6.04 Å². The van der Waals surface area contributed by atoms with Gasteiger partial charge in [-0.15, -0.1) is 0 Å². The molecule has 88 valence electrons. The average Bonchev–Trinajstić information content (AvgIpc) is 3.09. The van der Waals surface area contributed by atoms with Gasteiger partial charge < -0.3 is 10.1 Å². The summed E-state index contributed by atoms with van der Waals surface area (Å²) in [5.74, 6) is 1.72. The highest BCUT2D eigenvalue weighted by Crippen LogP contribution is 2.42. The molecule has 1 saturated carbocycles. The van der Waals surface area contributed by atoms with E-state index in [4.69, 9.17) is 4.74 Å². The molecule has 2 rings (SSSR count). The van der Waals surface area contributed by atoms with E-state index >= 15 is 0 Å². The van der Waals surface area contributed by atoms with Crippen LogP contribution in [0.2, 0.25) is 0 Å². The topological polar surface area (TPSA) is 21.3 Å². The van der Waals surface area contributed by atoms with Gasteiger partial charge in [0.05, 0.1) is 11.6 Å². The number of halogens is 1. The molecule has 0 aliphatic heterocycles.